The topological polar surface area (TPSA) is 18.5 Å². The van der Waals surface area contributed by atoms with Gasteiger partial charge in [-0.2, -0.15) is 0 Å². The van der Waals surface area contributed by atoms with E-state index in [9.17, 15) is 0 Å². The van der Waals surface area contributed by atoms with Crippen LogP contribution in [0.2, 0.25) is 0 Å². The fourth-order valence-corrected chi connectivity index (χ4v) is 4.12. The first kappa shape index (κ1) is 14.8. The Balaban J connectivity index is 1.55. The first-order valence-electron chi connectivity index (χ1n) is 9.08. The maximum Gasteiger partial charge on any atom is 0.0195 e. The van der Waals surface area contributed by atoms with Gasteiger partial charge in [-0.15, -0.1) is 0 Å². The molecule has 20 heavy (non-hydrogen) atoms. The van der Waals surface area contributed by atoms with Crippen LogP contribution >= 0.6 is 0 Å². The Morgan fingerprint density at radius 1 is 0.950 bits per heavy atom. The normalized spacial score (nSPS) is 33.3. The fraction of sp³-hybridized carbons (Fsp3) is 1.00. The summed E-state index contributed by atoms with van der Waals surface area (Å²) in [5.74, 6) is 0. The molecule has 3 heteroatoms. The number of piperidine rings is 1. The zero-order valence-corrected chi connectivity index (χ0v) is 13.3. The van der Waals surface area contributed by atoms with Crippen LogP contribution in [0, 0.1) is 0 Å². The second-order valence-corrected chi connectivity index (χ2v) is 7.09. The molecule has 3 rings (SSSR count). The summed E-state index contributed by atoms with van der Waals surface area (Å²) in [4.78, 5) is 5.55. The lowest BCUT2D eigenvalue weighted by atomic mass is 10.0. The van der Waals surface area contributed by atoms with Crippen LogP contribution in [0.15, 0.2) is 0 Å². The van der Waals surface area contributed by atoms with E-state index in [1.165, 1.54) is 84.1 Å². The maximum atomic E-state index is 3.75. The standard InChI is InChI=1S/C17H33N3/c1-2-19-12-5-7-16(10-13-19)20(17-8-9-17)14-15-6-3-4-11-18-15/h15-18H,2-14H2,1H3. The summed E-state index contributed by atoms with van der Waals surface area (Å²) in [7, 11) is 0. The molecule has 1 aliphatic carbocycles. The minimum atomic E-state index is 0.773. The van der Waals surface area contributed by atoms with Gasteiger partial charge < -0.3 is 10.2 Å². The van der Waals surface area contributed by atoms with Crippen molar-refractivity contribution in [3.63, 3.8) is 0 Å². The van der Waals surface area contributed by atoms with E-state index in [2.05, 4.69) is 22.0 Å². The Bertz CT molecular complexity index is 284. The highest BCUT2D eigenvalue weighted by Gasteiger charge is 2.35. The lowest BCUT2D eigenvalue weighted by molar-refractivity contribution is 0.142. The third kappa shape index (κ3) is 3.96. The van der Waals surface area contributed by atoms with Gasteiger partial charge in [-0.25, -0.2) is 0 Å². The van der Waals surface area contributed by atoms with Crippen molar-refractivity contribution in [1.29, 1.82) is 0 Å². The van der Waals surface area contributed by atoms with E-state index < -0.39 is 0 Å². The van der Waals surface area contributed by atoms with Crippen LogP contribution in [0.5, 0.6) is 0 Å². The zero-order chi connectivity index (χ0) is 13.8. The SMILES string of the molecule is CCN1CCCC(N(CC2CCCCN2)C2CC2)CC1. The van der Waals surface area contributed by atoms with E-state index in [1.807, 2.05) is 0 Å². The average Bonchev–Trinajstić information content (AvgIpc) is 3.33. The molecule has 0 aromatic heterocycles. The van der Waals surface area contributed by atoms with Gasteiger partial charge in [0.05, 0.1) is 0 Å². The van der Waals surface area contributed by atoms with Gasteiger partial charge in [0.15, 0.2) is 0 Å². The van der Waals surface area contributed by atoms with E-state index in [1.54, 1.807) is 0 Å². The Morgan fingerprint density at radius 3 is 2.50 bits per heavy atom. The summed E-state index contributed by atoms with van der Waals surface area (Å²) < 4.78 is 0. The predicted molar refractivity (Wildman–Crippen MR) is 85.1 cm³/mol. The van der Waals surface area contributed by atoms with E-state index in [-0.39, 0.29) is 0 Å². The molecule has 3 aliphatic rings. The number of rotatable bonds is 5. The van der Waals surface area contributed by atoms with Crippen LogP contribution in [0.3, 0.4) is 0 Å². The van der Waals surface area contributed by atoms with Crippen molar-refractivity contribution in [3.05, 3.63) is 0 Å². The van der Waals surface area contributed by atoms with Gasteiger partial charge in [0, 0.05) is 24.7 Å². The lowest BCUT2D eigenvalue weighted by Gasteiger charge is -2.36. The van der Waals surface area contributed by atoms with Gasteiger partial charge in [-0.05, 0) is 71.1 Å². The van der Waals surface area contributed by atoms with Crippen LogP contribution in [0.4, 0.5) is 0 Å². The maximum absolute atomic E-state index is 3.75. The molecule has 3 nitrogen and oxygen atoms in total. The molecule has 0 aromatic carbocycles. The molecule has 2 atom stereocenters. The molecular weight excluding hydrogens is 246 g/mol. The van der Waals surface area contributed by atoms with Gasteiger partial charge in [-0.1, -0.05) is 13.3 Å². The molecular formula is C17H33N3. The summed E-state index contributed by atoms with van der Waals surface area (Å²) in [5.41, 5.74) is 0. The minimum absolute atomic E-state index is 0.773. The molecule has 3 fully saturated rings. The lowest BCUT2D eigenvalue weighted by Crippen LogP contribution is -2.48. The molecule has 1 saturated carbocycles. The number of likely N-dealkylation sites (tertiary alicyclic amines) is 1. The second-order valence-electron chi connectivity index (χ2n) is 7.09. The summed E-state index contributed by atoms with van der Waals surface area (Å²) in [6, 6.07) is 2.56. The van der Waals surface area contributed by atoms with Crippen LogP contribution in [-0.2, 0) is 0 Å². The third-order valence-electron chi connectivity index (χ3n) is 5.57. The molecule has 2 heterocycles. The monoisotopic (exact) mass is 279 g/mol. The highest BCUT2D eigenvalue weighted by Crippen LogP contribution is 2.32. The number of nitrogens with zero attached hydrogens (tertiary/aromatic N) is 2. The smallest absolute Gasteiger partial charge is 0.0195 e. The van der Waals surface area contributed by atoms with Crippen molar-refractivity contribution < 1.29 is 0 Å². The fourth-order valence-electron chi connectivity index (χ4n) is 4.12. The first-order valence-corrected chi connectivity index (χ1v) is 9.08. The predicted octanol–water partition coefficient (Wildman–Crippen LogP) is 2.47. The van der Waals surface area contributed by atoms with Crippen LogP contribution in [0.25, 0.3) is 0 Å². The van der Waals surface area contributed by atoms with Gasteiger partial charge >= 0.3 is 0 Å². The van der Waals surface area contributed by atoms with Gasteiger partial charge in [-0.3, -0.25) is 4.90 Å². The summed E-state index contributed by atoms with van der Waals surface area (Å²) >= 11 is 0. The largest absolute Gasteiger partial charge is 0.313 e. The molecule has 0 radical (unpaired) electrons. The summed E-state index contributed by atoms with van der Waals surface area (Å²) in [6.45, 7) is 8.76. The van der Waals surface area contributed by atoms with E-state index in [0.717, 1.165) is 18.1 Å². The van der Waals surface area contributed by atoms with Crippen molar-refractivity contribution in [2.24, 2.45) is 0 Å². The first-order chi connectivity index (χ1) is 9.86. The number of nitrogens with one attached hydrogen (secondary N) is 1. The average molecular weight is 279 g/mol. The van der Waals surface area contributed by atoms with Gasteiger partial charge in [0.25, 0.3) is 0 Å². The number of hydrogen-bond donors (Lipinski definition) is 1. The minimum Gasteiger partial charge on any atom is -0.313 e. The van der Waals surface area contributed by atoms with Crippen molar-refractivity contribution in [3.8, 4) is 0 Å². The van der Waals surface area contributed by atoms with Crippen LogP contribution in [0.1, 0.15) is 58.3 Å². The quantitative estimate of drug-likeness (QED) is 0.834. The molecule has 0 amide bonds. The molecule has 2 saturated heterocycles. The van der Waals surface area contributed by atoms with E-state index >= 15 is 0 Å². The Labute approximate surface area is 125 Å². The molecule has 2 unspecified atom stereocenters. The highest BCUT2D eigenvalue weighted by molar-refractivity contribution is 4.92. The number of hydrogen-bond acceptors (Lipinski definition) is 3. The molecule has 2 aliphatic heterocycles. The molecule has 0 spiro atoms. The van der Waals surface area contributed by atoms with Crippen LogP contribution in [-0.4, -0.2) is 60.6 Å². The summed E-state index contributed by atoms with van der Waals surface area (Å²) in [6.07, 6.45) is 11.4. The Morgan fingerprint density at radius 2 is 1.80 bits per heavy atom. The van der Waals surface area contributed by atoms with Crippen molar-refractivity contribution >= 4 is 0 Å². The van der Waals surface area contributed by atoms with Crippen molar-refractivity contribution in [1.82, 2.24) is 15.1 Å². The van der Waals surface area contributed by atoms with Gasteiger partial charge in [0.1, 0.15) is 0 Å². The molecule has 0 aromatic rings. The molecule has 116 valence electrons. The van der Waals surface area contributed by atoms with Crippen LogP contribution < -0.4 is 5.32 Å². The van der Waals surface area contributed by atoms with E-state index in [0.29, 0.717) is 0 Å². The van der Waals surface area contributed by atoms with Gasteiger partial charge in [0.2, 0.25) is 0 Å². The van der Waals surface area contributed by atoms with E-state index in [4.69, 9.17) is 0 Å². The second kappa shape index (κ2) is 7.24. The third-order valence-corrected chi connectivity index (χ3v) is 5.57. The van der Waals surface area contributed by atoms with Crippen molar-refractivity contribution in [2.45, 2.75) is 76.4 Å². The molecule has 1 N–H and O–H groups in total. The van der Waals surface area contributed by atoms with Crippen molar-refractivity contribution in [2.75, 3.05) is 32.7 Å². The highest BCUT2D eigenvalue weighted by atomic mass is 15.2. The Hall–Kier alpha value is -0.120. The zero-order valence-electron chi connectivity index (χ0n) is 13.3. The molecule has 0 bridgehead atoms. The summed E-state index contributed by atoms with van der Waals surface area (Å²) in [5, 5.41) is 3.75. The Kier molecular flexibility index (Phi) is 5.36.